The zero-order valence-corrected chi connectivity index (χ0v) is 19.5. The molecule has 0 spiro atoms. The Morgan fingerprint density at radius 3 is 2.03 bits per heavy atom. The SMILES string of the molecule is C/C(=N\Nc1nc(Nc2ccc([N+](=O)[O-])cc2)nc(Nc2ccc(C)c(C)c2)n1)c1ccccc1. The van der Waals surface area contributed by atoms with Crippen LogP contribution >= 0.6 is 0 Å². The van der Waals surface area contributed by atoms with Crippen LogP contribution in [0.5, 0.6) is 0 Å². The van der Waals surface area contributed by atoms with Gasteiger partial charge in [0.1, 0.15) is 0 Å². The lowest BCUT2D eigenvalue weighted by Crippen LogP contribution is -2.08. The molecular formula is C25H24N8O2. The number of hydrazone groups is 1. The van der Waals surface area contributed by atoms with Crippen LogP contribution in [0.2, 0.25) is 0 Å². The second kappa shape index (κ2) is 10.4. The van der Waals surface area contributed by atoms with Crippen LogP contribution < -0.4 is 16.1 Å². The Kier molecular flexibility index (Phi) is 6.91. The van der Waals surface area contributed by atoms with E-state index in [0.717, 1.165) is 22.5 Å². The third-order valence-corrected chi connectivity index (χ3v) is 5.25. The minimum absolute atomic E-state index is 0.00336. The van der Waals surface area contributed by atoms with Gasteiger partial charge in [-0.05, 0) is 61.7 Å². The first-order chi connectivity index (χ1) is 16.9. The Balaban J connectivity index is 1.62. The van der Waals surface area contributed by atoms with Gasteiger partial charge in [-0.15, -0.1) is 0 Å². The topological polar surface area (TPSA) is 130 Å². The average molecular weight is 469 g/mol. The van der Waals surface area contributed by atoms with Crippen LogP contribution in [0.1, 0.15) is 23.6 Å². The first-order valence-corrected chi connectivity index (χ1v) is 10.8. The summed E-state index contributed by atoms with van der Waals surface area (Å²) in [6.07, 6.45) is 0. The number of hydrogen-bond acceptors (Lipinski definition) is 9. The van der Waals surface area contributed by atoms with E-state index in [1.165, 1.54) is 17.7 Å². The Morgan fingerprint density at radius 2 is 1.40 bits per heavy atom. The van der Waals surface area contributed by atoms with Crippen LogP contribution in [0.15, 0.2) is 77.9 Å². The van der Waals surface area contributed by atoms with E-state index < -0.39 is 4.92 Å². The van der Waals surface area contributed by atoms with Crippen molar-refractivity contribution in [1.82, 2.24) is 15.0 Å². The summed E-state index contributed by atoms with van der Waals surface area (Å²) in [4.78, 5) is 23.8. The van der Waals surface area contributed by atoms with Crippen molar-refractivity contribution in [3.8, 4) is 0 Å². The summed E-state index contributed by atoms with van der Waals surface area (Å²) in [5.74, 6) is 0.781. The van der Waals surface area contributed by atoms with E-state index in [2.05, 4.69) is 36.1 Å². The molecule has 10 nitrogen and oxygen atoms in total. The van der Waals surface area contributed by atoms with Crippen molar-refractivity contribution < 1.29 is 4.92 Å². The highest BCUT2D eigenvalue weighted by Gasteiger charge is 2.10. The Morgan fingerprint density at radius 1 is 0.800 bits per heavy atom. The van der Waals surface area contributed by atoms with Gasteiger partial charge < -0.3 is 10.6 Å². The van der Waals surface area contributed by atoms with Crippen molar-refractivity contribution in [2.45, 2.75) is 20.8 Å². The summed E-state index contributed by atoms with van der Waals surface area (Å²) < 4.78 is 0. The molecule has 0 aliphatic rings. The number of non-ortho nitro benzene ring substituents is 1. The predicted octanol–water partition coefficient (Wildman–Crippen LogP) is 5.72. The smallest absolute Gasteiger partial charge is 0.269 e. The molecule has 0 radical (unpaired) electrons. The maximum Gasteiger partial charge on any atom is 0.269 e. The van der Waals surface area contributed by atoms with E-state index in [-0.39, 0.29) is 17.6 Å². The maximum atomic E-state index is 10.9. The minimum atomic E-state index is -0.451. The molecule has 0 saturated carbocycles. The fourth-order valence-corrected chi connectivity index (χ4v) is 3.16. The summed E-state index contributed by atoms with van der Waals surface area (Å²) in [5, 5.41) is 21.6. The van der Waals surface area contributed by atoms with Crippen LogP contribution in [0, 0.1) is 24.0 Å². The van der Waals surface area contributed by atoms with Crippen molar-refractivity contribution in [2.75, 3.05) is 16.1 Å². The van der Waals surface area contributed by atoms with Gasteiger partial charge in [0.15, 0.2) is 0 Å². The molecule has 0 saturated heterocycles. The molecule has 0 bridgehead atoms. The van der Waals surface area contributed by atoms with Crippen LogP contribution in [-0.4, -0.2) is 25.6 Å². The average Bonchev–Trinajstić information content (AvgIpc) is 2.85. The third kappa shape index (κ3) is 6.14. The van der Waals surface area contributed by atoms with Gasteiger partial charge in [-0.3, -0.25) is 10.1 Å². The number of aromatic nitrogens is 3. The first-order valence-electron chi connectivity index (χ1n) is 10.8. The Bertz CT molecular complexity index is 1370. The van der Waals surface area contributed by atoms with Gasteiger partial charge in [-0.1, -0.05) is 36.4 Å². The summed E-state index contributed by atoms with van der Waals surface area (Å²) >= 11 is 0. The molecule has 1 aromatic heterocycles. The highest BCUT2D eigenvalue weighted by atomic mass is 16.6. The molecule has 0 aliphatic heterocycles. The van der Waals surface area contributed by atoms with Crippen LogP contribution in [0.3, 0.4) is 0 Å². The highest BCUT2D eigenvalue weighted by molar-refractivity contribution is 5.98. The second-order valence-corrected chi connectivity index (χ2v) is 7.83. The molecule has 0 atom stereocenters. The minimum Gasteiger partial charge on any atom is -0.324 e. The molecule has 0 fully saturated rings. The highest BCUT2D eigenvalue weighted by Crippen LogP contribution is 2.22. The zero-order valence-electron chi connectivity index (χ0n) is 19.5. The normalized spacial score (nSPS) is 11.1. The van der Waals surface area contributed by atoms with Crippen LogP contribution in [-0.2, 0) is 0 Å². The molecular weight excluding hydrogens is 444 g/mol. The summed E-state index contributed by atoms with van der Waals surface area (Å²) in [5.41, 5.74) is 8.36. The first kappa shape index (κ1) is 23.3. The van der Waals surface area contributed by atoms with Crippen molar-refractivity contribution in [3.05, 3.63) is 99.6 Å². The lowest BCUT2D eigenvalue weighted by atomic mass is 10.1. The Labute approximate surface area is 202 Å². The van der Waals surface area contributed by atoms with E-state index >= 15 is 0 Å². The number of hydrogen-bond donors (Lipinski definition) is 3. The van der Waals surface area contributed by atoms with Gasteiger partial charge in [0.25, 0.3) is 5.69 Å². The Hall–Kier alpha value is -4.86. The molecule has 4 aromatic rings. The monoisotopic (exact) mass is 468 g/mol. The maximum absolute atomic E-state index is 10.9. The molecule has 0 amide bonds. The molecule has 4 rings (SSSR count). The van der Waals surface area contributed by atoms with E-state index in [4.69, 9.17) is 0 Å². The van der Waals surface area contributed by atoms with Gasteiger partial charge >= 0.3 is 0 Å². The quantitative estimate of drug-likeness (QED) is 0.170. The molecule has 10 heteroatoms. The number of benzene rings is 3. The van der Waals surface area contributed by atoms with E-state index in [1.54, 1.807) is 12.1 Å². The standard InChI is InChI=1S/C25H24N8O2/c1-16-9-10-21(15-17(16)2)27-24-28-23(26-20-11-13-22(14-12-20)33(34)35)29-25(30-24)32-31-18(3)19-7-5-4-6-8-19/h4-15H,1-3H3,(H3,26,27,28,29,30,32)/b31-18+. The summed E-state index contributed by atoms with van der Waals surface area (Å²) in [7, 11) is 0. The molecule has 3 aromatic carbocycles. The van der Waals surface area contributed by atoms with Gasteiger partial charge in [0.2, 0.25) is 17.8 Å². The van der Waals surface area contributed by atoms with Gasteiger partial charge in [0, 0.05) is 23.5 Å². The lowest BCUT2D eigenvalue weighted by molar-refractivity contribution is -0.384. The summed E-state index contributed by atoms with van der Waals surface area (Å²) in [6.45, 7) is 5.96. The van der Waals surface area contributed by atoms with Gasteiger partial charge in [-0.2, -0.15) is 20.1 Å². The van der Waals surface area contributed by atoms with Crippen molar-refractivity contribution in [1.29, 1.82) is 0 Å². The predicted molar refractivity (Wildman–Crippen MR) is 138 cm³/mol. The largest absolute Gasteiger partial charge is 0.324 e. The molecule has 3 N–H and O–H groups in total. The van der Waals surface area contributed by atoms with Crippen LogP contribution in [0.4, 0.5) is 34.9 Å². The molecule has 176 valence electrons. The number of aryl methyl sites for hydroxylation is 2. The third-order valence-electron chi connectivity index (χ3n) is 5.25. The molecule has 1 heterocycles. The molecule has 0 aliphatic carbocycles. The van der Waals surface area contributed by atoms with Crippen molar-refractivity contribution in [2.24, 2.45) is 5.10 Å². The number of nitro benzene ring substituents is 1. The van der Waals surface area contributed by atoms with Gasteiger partial charge in [-0.25, -0.2) is 5.43 Å². The van der Waals surface area contributed by atoms with E-state index in [9.17, 15) is 10.1 Å². The zero-order chi connectivity index (χ0) is 24.8. The van der Waals surface area contributed by atoms with Gasteiger partial charge in [0.05, 0.1) is 10.6 Å². The van der Waals surface area contributed by atoms with Crippen molar-refractivity contribution in [3.63, 3.8) is 0 Å². The summed E-state index contributed by atoms with van der Waals surface area (Å²) in [6, 6.07) is 21.7. The van der Waals surface area contributed by atoms with E-state index in [1.807, 2.05) is 69.3 Å². The number of nitrogens with one attached hydrogen (secondary N) is 3. The second-order valence-electron chi connectivity index (χ2n) is 7.83. The van der Waals surface area contributed by atoms with E-state index in [0.29, 0.717) is 11.6 Å². The number of anilines is 5. The fraction of sp³-hybridized carbons (Fsp3) is 0.120. The molecule has 35 heavy (non-hydrogen) atoms. The molecule has 0 unspecified atom stereocenters. The van der Waals surface area contributed by atoms with Crippen LogP contribution in [0.25, 0.3) is 0 Å². The fourth-order valence-electron chi connectivity index (χ4n) is 3.16. The number of rotatable bonds is 8. The number of nitrogens with zero attached hydrogens (tertiary/aromatic N) is 5. The lowest BCUT2D eigenvalue weighted by Gasteiger charge is -2.11. The number of nitro groups is 1. The van der Waals surface area contributed by atoms with Crippen molar-refractivity contribution >= 4 is 40.6 Å².